The fraction of sp³-hybridized carbons (Fsp3) is 0.143. The molecule has 0 unspecified atom stereocenters. The highest BCUT2D eigenvalue weighted by Crippen LogP contribution is 2.15. The smallest absolute Gasteiger partial charge is 0.161 e. The van der Waals surface area contributed by atoms with Gasteiger partial charge in [-0.1, -0.05) is 39.7 Å². The van der Waals surface area contributed by atoms with Gasteiger partial charge in [-0.05, 0) is 36.2 Å². The molecule has 3 nitrogen and oxygen atoms in total. The van der Waals surface area contributed by atoms with Gasteiger partial charge in [0.1, 0.15) is 5.82 Å². The van der Waals surface area contributed by atoms with Crippen LogP contribution in [0, 0.1) is 0 Å². The Morgan fingerprint density at radius 3 is 2.84 bits per heavy atom. The van der Waals surface area contributed by atoms with Crippen LogP contribution in [0.5, 0.6) is 0 Å². The highest BCUT2D eigenvalue weighted by molar-refractivity contribution is 9.10. The summed E-state index contributed by atoms with van der Waals surface area (Å²) >= 11 is 9.41. The fourth-order valence-corrected chi connectivity index (χ4v) is 2.57. The number of pyridine rings is 1. The predicted molar refractivity (Wildman–Crippen MR) is 79.5 cm³/mol. The highest BCUT2D eigenvalue weighted by atomic mass is 79.9. The molecule has 3 rings (SSSR count). The number of halogens is 2. The topological polar surface area (TPSA) is 30.2 Å². The molecule has 96 valence electrons. The first kappa shape index (κ1) is 12.6. The average Bonchev–Trinajstić information content (AvgIpc) is 2.78. The first-order chi connectivity index (χ1) is 9.22. The van der Waals surface area contributed by atoms with E-state index in [0.717, 1.165) is 33.8 Å². The minimum absolute atomic E-state index is 0.771. The molecule has 0 amide bonds. The molecular weight excluding hydrogens is 326 g/mol. The summed E-state index contributed by atoms with van der Waals surface area (Å²) in [5.74, 6) is 0.961. The number of benzene rings is 1. The molecule has 5 heteroatoms. The summed E-state index contributed by atoms with van der Waals surface area (Å²) in [6.07, 6.45) is 3.72. The number of hydrogen-bond donors (Lipinski definition) is 0. The van der Waals surface area contributed by atoms with Crippen molar-refractivity contribution in [3.8, 4) is 0 Å². The van der Waals surface area contributed by atoms with Crippen LogP contribution in [-0.2, 0) is 12.8 Å². The van der Waals surface area contributed by atoms with E-state index in [4.69, 9.17) is 11.6 Å². The van der Waals surface area contributed by atoms with E-state index in [0.29, 0.717) is 0 Å². The first-order valence-corrected chi connectivity index (χ1v) is 7.13. The Morgan fingerprint density at radius 1 is 1.11 bits per heavy atom. The van der Waals surface area contributed by atoms with Crippen molar-refractivity contribution in [3.05, 3.63) is 63.5 Å². The van der Waals surface area contributed by atoms with Crippen molar-refractivity contribution < 1.29 is 0 Å². The zero-order chi connectivity index (χ0) is 13.2. The van der Waals surface area contributed by atoms with Crippen LogP contribution < -0.4 is 0 Å². The van der Waals surface area contributed by atoms with Gasteiger partial charge in [-0.2, -0.15) is 0 Å². The summed E-state index contributed by atoms with van der Waals surface area (Å²) in [5, 5.41) is 9.17. The van der Waals surface area contributed by atoms with Crippen LogP contribution in [0.1, 0.15) is 11.4 Å². The van der Waals surface area contributed by atoms with E-state index >= 15 is 0 Å². The second kappa shape index (κ2) is 5.31. The van der Waals surface area contributed by atoms with Gasteiger partial charge in [0.2, 0.25) is 0 Å². The van der Waals surface area contributed by atoms with Crippen LogP contribution in [0.3, 0.4) is 0 Å². The van der Waals surface area contributed by atoms with Crippen LogP contribution in [0.15, 0.2) is 47.1 Å². The van der Waals surface area contributed by atoms with Gasteiger partial charge in [0.25, 0.3) is 0 Å². The summed E-state index contributed by atoms with van der Waals surface area (Å²) in [4.78, 5) is 0. The van der Waals surface area contributed by atoms with E-state index in [1.807, 2.05) is 40.9 Å². The molecule has 2 heterocycles. The number of hydrogen-bond acceptors (Lipinski definition) is 2. The normalized spacial score (nSPS) is 11.1. The van der Waals surface area contributed by atoms with Crippen molar-refractivity contribution >= 4 is 33.2 Å². The quantitative estimate of drug-likeness (QED) is 0.725. The van der Waals surface area contributed by atoms with Crippen molar-refractivity contribution in [1.82, 2.24) is 14.6 Å². The monoisotopic (exact) mass is 335 g/mol. The van der Waals surface area contributed by atoms with Crippen molar-refractivity contribution in [2.75, 3.05) is 0 Å². The van der Waals surface area contributed by atoms with Gasteiger partial charge in [-0.25, -0.2) is 0 Å². The molecule has 0 saturated heterocycles. The van der Waals surface area contributed by atoms with Gasteiger partial charge in [-0.15, -0.1) is 10.2 Å². The Balaban J connectivity index is 1.82. The maximum Gasteiger partial charge on any atom is 0.161 e. The largest absolute Gasteiger partial charge is 0.286 e. The van der Waals surface area contributed by atoms with Crippen molar-refractivity contribution in [1.29, 1.82) is 0 Å². The Labute approximate surface area is 124 Å². The van der Waals surface area contributed by atoms with Crippen LogP contribution in [0.2, 0.25) is 5.02 Å². The molecule has 0 aliphatic heterocycles. The van der Waals surface area contributed by atoms with Crippen molar-refractivity contribution in [2.24, 2.45) is 0 Å². The van der Waals surface area contributed by atoms with E-state index in [9.17, 15) is 0 Å². The maximum atomic E-state index is 5.98. The number of aryl methyl sites for hydroxylation is 2. The SMILES string of the molecule is Clc1cccc(CCc2nnc3cc(Br)ccn23)c1. The molecule has 0 atom stereocenters. The lowest BCUT2D eigenvalue weighted by atomic mass is 10.1. The molecule has 0 aliphatic carbocycles. The van der Waals surface area contributed by atoms with Crippen LogP contribution >= 0.6 is 27.5 Å². The molecule has 0 bridgehead atoms. The number of fused-ring (bicyclic) bond motifs is 1. The molecule has 0 N–H and O–H groups in total. The lowest BCUT2D eigenvalue weighted by Crippen LogP contribution is -1.97. The number of aromatic nitrogens is 3. The van der Waals surface area contributed by atoms with Crippen molar-refractivity contribution in [3.63, 3.8) is 0 Å². The van der Waals surface area contributed by atoms with Gasteiger partial charge in [0.05, 0.1) is 0 Å². The summed E-state index contributed by atoms with van der Waals surface area (Å²) in [5.41, 5.74) is 2.07. The molecule has 3 aromatic rings. The predicted octanol–water partition coefficient (Wildman–Crippen LogP) is 3.93. The number of nitrogens with zero attached hydrogens (tertiary/aromatic N) is 3. The molecule has 1 aromatic carbocycles. The molecular formula is C14H11BrClN3. The summed E-state index contributed by atoms with van der Waals surface area (Å²) in [6, 6.07) is 11.9. The second-order valence-corrected chi connectivity index (χ2v) is 5.67. The molecule has 0 spiro atoms. The highest BCUT2D eigenvalue weighted by Gasteiger charge is 2.06. The van der Waals surface area contributed by atoms with Gasteiger partial charge < -0.3 is 0 Å². The number of rotatable bonds is 3. The standard InChI is InChI=1S/C14H11BrClN3/c15-11-6-7-19-13(17-18-14(19)9-11)5-4-10-2-1-3-12(16)8-10/h1-3,6-9H,4-5H2. The third kappa shape index (κ3) is 2.80. The van der Waals surface area contributed by atoms with E-state index in [1.54, 1.807) is 0 Å². The zero-order valence-corrected chi connectivity index (χ0v) is 12.4. The van der Waals surface area contributed by atoms with E-state index in [-0.39, 0.29) is 0 Å². The summed E-state index contributed by atoms with van der Waals surface area (Å²) in [7, 11) is 0. The average molecular weight is 337 g/mol. The minimum atomic E-state index is 0.771. The summed E-state index contributed by atoms with van der Waals surface area (Å²) in [6.45, 7) is 0. The van der Waals surface area contributed by atoms with Crippen LogP contribution in [0.25, 0.3) is 5.65 Å². The van der Waals surface area contributed by atoms with Gasteiger partial charge >= 0.3 is 0 Å². The van der Waals surface area contributed by atoms with E-state index in [1.165, 1.54) is 5.56 Å². The second-order valence-electron chi connectivity index (χ2n) is 4.32. The Bertz CT molecular complexity index is 724. The van der Waals surface area contributed by atoms with Gasteiger partial charge in [0, 0.05) is 22.1 Å². The maximum absolute atomic E-state index is 5.98. The van der Waals surface area contributed by atoms with Gasteiger partial charge in [0.15, 0.2) is 5.65 Å². The van der Waals surface area contributed by atoms with Crippen LogP contribution in [-0.4, -0.2) is 14.6 Å². The lowest BCUT2D eigenvalue weighted by molar-refractivity contribution is 0.839. The minimum Gasteiger partial charge on any atom is -0.286 e. The van der Waals surface area contributed by atoms with E-state index < -0.39 is 0 Å². The Morgan fingerprint density at radius 2 is 2.00 bits per heavy atom. The molecule has 0 radical (unpaired) electrons. The van der Waals surface area contributed by atoms with E-state index in [2.05, 4.69) is 32.2 Å². The third-order valence-electron chi connectivity index (χ3n) is 2.97. The molecule has 0 saturated carbocycles. The first-order valence-electron chi connectivity index (χ1n) is 5.96. The van der Waals surface area contributed by atoms with Gasteiger partial charge in [-0.3, -0.25) is 4.40 Å². The molecule has 0 fully saturated rings. The third-order valence-corrected chi connectivity index (χ3v) is 3.70. The van der Waals surface area contributed by atoms with Crippen LogP contribution in [0.4, 0.5) is 0 Å². The van der Waals surface area contributed by atoms with Crippen molar-refractivity contribution in [2.45, 2.75) is 12.8 Å². The summed E-state index contributed by atoms with van der Waals surface area (Å²) < 4.78 is 3.02. The Hall–Kier alpha value is -1.39. The molecule has 0 aliphatic rings. The molecule has 19 heavy (non-hydrogen) atoms. The zero-order valence-electron chi connectivity index (χ0n) is 10.1. The fourth-order valence-electron chi connectivity index (χ4n) is 2.03. The Kier molecular flexibility index (Phi) is 3.53. The molecule has 2 aromatic heterocycles. The lowest BCUT2D eigenvalue weighted by Gasteiger charge is -2.02.